The van der Waals surface area contributed by atoms with E-state index in [4.69, 9.17) is 11.1 Å². The van der Waals surface area contributed by atoms with Crippen molar-refractivity contribution in [2.45, 2.75) is 32.4 Å². The number of nitrogen functional groups attached to an aromatic ring is 1. The van der Waals surface area contributed by atoms with Gasteiger partial charge in [0.15, 0.2) is 0 Å². The van der Waals surface area contributed by atoms with Crippen LogP contribution < -0.4 is 10.6 Å². The topological polar surface area (TPSA) is 53.1 Å². The molecule has 0 atom stereocenters. The number of amidine groups is 1. The lowest BCUT2D eigenvalue weighted by molar-refractivity contribution is 0.802. The largest absolute Gasteiger partial charge is 0.384 e. The second-order valence-corrected chi connectivity index (χ2v) is 6.40. The van der Waals surface area contributed by atoms with Crippen molar-refractivity contribution in [1.82, 2.24) is 0 Å². The predicted octanol–water partition coefficient (Wildman–Crippen LogP) is 3.51. The SMILES string of the molecule is Cc1ccc(N(Cc2cccs2)C2CC2)c(C(=N)N)c1. The van der Waals surface area contributed by atoms with Crippen LogP contribution in [0.15, 0.2) is 35.7 Å². The van der Waals surface area contributed by atoms with Crippen LogP contribution in [0.1, 0.15) is 28.8 Å². The van der Waals surface area contributed by atoms with Crippen LogP contribution in [-0.2, 0) is 6.54 Å². The number of aryl methyl sites for hydroxylation is 1. The van der Waals surface area contributed by atoms with Crippen LogP contribution in [0.25, 0.3) is 0 Å². The maximum absolute atomic E-state index is 7.83. The second-order valence-electron chi connectivity index (χ2n) is 5.37. The van der Waals surface area contributed by atoms with Gasteiger partial charge in [0.2, 0.25) is 0 Å². The Morgan fingerprint density at radius 3 is 2.80 bits per heavy atom. The van der Waals surface area contributed by atoms with E-state index < -0.39 is 0 Å². The van der Waals surface area contributed by atoms with E-state index in [1.165, 1.54) is 17.7 Å². The minimum absolute atomic E-state index is 0.153. The first-order chi connectivity index (χ1) is 9.65. The van der Waals surface area contributed by atoms with Crippen molar-refractivity contribution < 1.29 is 0 Å². The normalized spacial score (nSPS) is 14.2. The van der Waals surface area contributed by atoms with Gasteiger partial charge in [-0.05, 0) is 43.3 Å². The van der Waals surface area contributed by atoms with E-state index in [1.807, 2.05) is 13.0 Å². The van der Waals surface area contributed by atoms with Crippen LogP contribution in [-0.4, -0.2) is 11.9 Å². The lowest BCUT2D eigenvalue weighted by Gasteiger charge is -2.26. The first-order valence-corrected chi connectivity index (χ1v) is 7.77. The van der Waals surface area contributed by atoms with E-state index in [9.17, 15) is 0 Å². The van der Waals surface area contributed by atoms with Gasteiger partial charge in [-0.2, -0.15) is 0 Å². The molecule has 0 aliphatic heterocycles. The van der Waals surface area contributed by atoms with Crippen molar-refractivity contribution in [3.8, 4) is 0 Å². The highest BCUT2D eigenvalue weighted by Crippen LogP contribution is 2.35. The van der Waals surface area contributed by atoms with Crippen LogP contribution in [0, 0.1) is 12.3 Å². The van der Waals surface area contributed by atoms with E-state index >= 15 is 0 Å². The highest BCUT2D eigenvalue weighted by Gasteiger charge is 2.31. The molecular weight excluding hydrogens is 266 g/mol. The molecular formula is C16H19N3S. The Kier molecular flexibility index (Phi) is 3.49. The van der Waals surface area contributed by atoms with Crippen LogP contribution >= 0.6 is 11.3 Å². The molecule has 0 unspecified atom stereocenters. The summed E-state index contributed by atoms with van der Waals surface area (Å²) in [7, 11) is 0. The number of thiophene rings is 1. The molecule has 0 bridgehead atoms. The molecule has 1 heterocycles. The van der Waals surface area contributed by atoms with Gasteiger partial charge < -0.3 is 10.6 Å². The van der Waals surface area contributed by atoms with Gasteiger partial charge in [-0.1, -0.05) is 17.7 Å². The first-order valence-electron chi connectivity index (χ1n) is 6.89. The quantitative estimate of drug-likeness (QED) is 0.652. The zero-order chi connectivity index (χ0) is 14.1. The maximum Gasteiger partial charge on any atom is 0.124 e. The number of rotatable bonds is 5. The molecule has 1 aliphatic rings. The molecule has 1 saturated carbocycles. The number of nitrogens with zero attached hydrogens (tertiary/aromatic N) is 1. The summed E-state index contributed by atoms with van der Waals surface area (Å²) in [5.41, 5.74) is 8.87. The van der Waals surface area contributed by atoms with Gasteiger partial charge in [0.25, 0.3) is 0 Å². The summed E-state index contributed by atoms with van der Waals surface area (Å²) in [6, 6.07) is 11.1. The Bertz CT molecular complexity index is 615. The fraction of sp³-hybridized carbons (Fsp3) is 0.312. The molecule has 104 valence electrons. The molecule has 0 spiro atoms. The fourth-order valence-electron chi connectivity index (χ4n) is 2.48. The van der Waals surface area contributed by atoms with Gasteiger partial charge >= 0.3 is 0 Å². The zero-order valence-electron chi connectivity index (χ0n) is 11.6. The molecule has 1 fully saturated rings. The molecule has 3 rings (SSSR count). The van der Waals surface area contributed by atoms with Gasteiger partial charge in [-0.25, -0.2) is 0 Å². The van der Waals surface area contributed by atoms with Crippen LogP contribution in [0.2, 0.25) is 0 Å². The van der Waals surface area contributed by atoms with Crippen LogP contribution in [0.5, 0.6) is 0 Å². The van der Waals surface area contributed by atoms with Crippen molar-refractivity contribution in [2.24, 2.45) is 5.73 Å². The number of benzene rings is 1. The van der Waals surface area contributed by atoms with Crippen LogP contribution in [0.4, 0.5) is 5.69 Å². The molecule has 0 radical (unpaired) electrons. The molecule has 4 heteroatoms. The minimum atomic E-state index is 0.153. The number of hydrogen-bond acceptors (Lipinski definition) is 3. The summed E-state index contributed by atoms with van der Waals surface area (Å²) >= 11 is 1.78. The van der Waals surface area contributed by atoms with Gasteiger partial charge in [0.05, 0.1) is 6.54 Å². The lowest BCUT2D eigenvalue weighted by Crippen LogP contribution is -2.27. The Morgan fingerprint density at radius 1 is 1.40 bits per heavy atom. The van der Waals surface area contributed by atoms with Crippen molar-refractivity contribution in [1.29, 1.82) is 5.41 Å². The molecule has 1 aromatic heterocycles. The molecule has 3 nitrogen and oxygen atoms in total. The second kappa shape index (κ2) is 5.29. The van der Waals surface area contributed by atoms with Crippen LogP contribution in [0.3, 0.4) is 0 Å². The summed E-state index contributed by atoms with van der Waals surface area (Å²) in [6.07, 6.45) is 2.47. The van der Waals surface area contributed by atoms with Gasteiger partial charge in [-0.3, -0.25) is 5.41 Å². The highest BCUT2D eigenvalue weighted by atomic mass is 32.1. The van der Waals surface area contributed by atoms with E-state index in [2.05, 4.69) is 34.5 Å². The molecule has 1 aromatic carbocycles. The zero-order valence-corrected chi connectivity index (χ0v) is 12.4. The van der Waals surface area contributed by atoms with Gasteiger partial charge in [0.1, 0.15) is 5.84 Å². The Morgan fingerprint density at radius 2 is 2.20 bits per heavy atom. The number of nitrogens with two attached hydrogens (primary N) is 1. The smallest absolute Gasteiger partial charge is 0.124 e. The van der Waals surface area contributed by atoms with Gasteiger partial charge in [0, 0.05) is 22.2 Å². The third-order valence-electron chi connectivity index (χ3n) is 3.65. The third kappa shape index (κ3) is 2.70. The standard InChI is InChI=1S/C16H19N3S/c1-11-4-7-15(14(9-11)16(17)18)19(12-5-6-12)10-13-3-2-8-20-13/h2-4,7-9,12H,5-6,10H2,1H3,(H3,17,18). The molecule has 0 amide bonds. The van der Waals surface area contributed by atoms with E-state index in [-0.39, 0.29) is 5.84 Å². The minimum Gasteiger partial charge on any atom is -0.384 e. The van der Waals surface area contributed by atoms with Crippen molar-refractivity contribution >= 4 is 22.9 Å². The monoisotopic (exact) mass is 285 g/mol. The van der Waals surface area contributed by atoms with Crippen molar-refractivity contribution in [2.75, 3.05) is 4.90 Å². The maximum atomic E-state index is 7.83. The highest BCUT2D eigenvalue weighted by molar-refractivity contribution is 7.09. The molecule has 2 aromatic rings. The molecule has 0 saturated heterocycles. The number of nitrogens with one attached hydrogen (secondary N) is 1. The summed E-state index contributed by atoms with van der Waals surface area (Å²) in [5.74, 6) is 0.153. The lowest BCUT2D eigenvalue weighted by atomic mass is 10.1. The van der Waals surface area contributed by atoms with E-state index in [1.54, 1.807) is 11.3 Å². The predicted molar refractivity (Wildman–Crippen MR) is 85.7 cm³/mol. The third-order valence-corrected chi connectivity index (χ3v) is 4.51. The summed E-state index contributed by atoms with van der Waals surface area (Å²) in [5, 5.41) is 9.94. The number of anilines is 1. The molecule has 1 aliphatic carbocycles. The Labute approximate surface area is 123 Å². The molecule has 20 heavy (non-hydrogen) atoms. The number of hydrogen-bond donors (Lipinski definition) is 2. The first kappa shape index (κ1) is 13.2. The van der Waals surface area contributed by atoms with E-state index in [0.717, 1.165) is 23.4 Å². The van der Waals surface area contributed by atoms with Crippen molar-refractivity contribution in [3.63, 3.8) is 0 Å². The molecule has 3 N–H and O–H groups in total. The summed E-state index contributed by atoms with van der Waals surface area (Å²) in [4.78, 5) is 3.76. The summed E-state index contributed by atoms with van der Waals surface area (Å²) in [6.45, 7) is 2.95. The van der Waals surface area contributed by atoms with E-state index in [0.29, 0.717) is 6.04 Å². The average molecular weight is 285 g/mol. The van der Waals surface area contributed by atoms with Gasteiger partial charge in [-0.15, -0.1) is 11.3 Å². The Hall–Kier alpha value is -1.81. The van der Waals surface area contributed by atoms with Crippen molar-refractivity contribution in [3.05, 3.63) is 51.7 Å². The summed E-state index contributed by atoms with van der Waals surface area (Å²) < 4.78 is 0. The Balaban J connectivity index is 1.97. The fourth-order valence-corrected chi connectivity index (χ4v) is 3.19. The average Bonchev–Trinajstić information content (AvgIpc) is 3.13.